The Balaban J connectivity index is 2.05. The number of rotatable bonds is 8. The monoisotopic (exact) mass is 359 g/mol. The van der Waals surface area contributed by atoms with Crippen molar-refractivity contribution >= 4 is 18.0 Å². The van der Waals surface area contributed by atoms with E-state index in [4.69, 9.17) is 9.47 Å². The maximum Gasteiger partial charge on any atom is 0.310 e. The van der Waals surface area contributed by atoms with Crippen LogP contribution >= 0.6 is 0 Å². The zero-order valence-corrected chi connectivity index (χ0v) is 15.9. The van der Waals surface area contributed by atoms with Crippen molar-refractivity contribution in [3.8, 4) is 5.75 Å². The zero-order valence-electron chi connectivity index (χ0n) is 15.9. The molecular weight excluding hydrogens is 330 g/mol. The van der Waals surface area contributed by atoms with Crippen LogP contribution in [0.4, 0.5) is 0 Å². The van der Waals surface area contributed by atoms with Gasteiger partial charge in [-0.3, -0.25) is 9.59 Å². The number of amides is 1. The molecule has 5 heteroatoms. The van der Waals surface area contributed by atoms with Crippen LogP contribution < -0.4 is 4.74 Å². The van der Waals surface area contributed by atoms with Crippen molar-refractivity contribution < 1.29 is 19.1 Å². The molecule has 142 valence electrons. The lowest BCUT2D eigenvalue weighted by Crippen LogP contribution is -2.42. The summed E-state index contributed by atoms with van der Waals surface area (Å²) in [5.41, 5.74) is 0.939. The molecule has 0 aliphatic heterocycles. The first kappa shape index (κ1) is 20.0. The molecule has 1 aromatic rings. The molecule has 0 spiro atoms. The summed E-state index contributed by atoms with van der Waals surface area (Å²) in [5, 5.41) is 0. The highest BCUT2D eigenvalue weighted by Gasteiger charge is 2.28. The summed E-state index contributed by atoms with van der Waals surface area (Å²) < 4.78 is 10.2. The fourth-order valence-electron chi connectivity index (χ4n) is 3.31. The van der Waals surface area contributed by atoms with Crippen LogP contribution in [0.15, 0.2) is 30.3 Å². The van der Waals surface area contributed by atoms with E-state index in [2.05, 4.69) is 0 Å². The summed E-state index contributed by atoms with van der Waals surface area (Å²) in [6, 6.07) is 7.83. The molecule has 1 aliphatic carbocycles. The zero-order chi connectivity index (χ0) is 18.9. The van der Waals surface area contributed by atoms with E-state index in [1.807, 2.05) is 42.2 Å². The van der Waals surface area contributed by atoms with Gasteiger partial charge in [-0.2, -0.15) is 0 Å². The number of nitrogens with zero attached hydrogens (tertiary/aromatic N) is 1. The molecule has 0 heterocycles. The molecule has 0 aromatic heterocycles. The van der Waals surface area contributed by atoms with E-state index >= 15 is 0 Å². The molecule has 26 heavy (non-hydrogen) atoms. The highest BCUT2D eigenvalue weighted by Crippen LogP contribution is 2.25. The molecule has 0 radical (unpaired) electrons. The van der Waals surface area contributed by atoms with Crippen LogP contribution in [-0.4, -0.2) is 43.1 Å². The molecule has 5 nitrogen and oxygen atoms in total. The minimum atomic E-state index is -0.330. The average Bonchev–Trinajstić information content (AvgIpc) is 3.19. The van der Waals surface area contributed by atoms with Crippen molar-refractivity contribution in [2.75, 3.05) is 20.3 Å². The Labute approximate surface area is 156 Å². The van der Waals surface area contributed by atoms with Crippen LogP contribution in [-0.2, 0) is 14.3 Å². The molecule has 1 aliphatic rings. The van der Waals surface area contributed by atoms with E-state index in [9.17, 15) is 9.59 Å². The number of benzene rings is 1. The Morgan fingerprint density at radius 2 is 1.88 bits per heavy atom. The summed E-state index contributed by atoms with van der Waals surface area (Å²) >= 11 is 0. The van der Waals surface area contributed by atoms with Crippen molar-refractivity contribution in [3.05, 3.63) is 35.9 Å². The topological polar surface area (TPSA) is 55.8 Å². The predicted molar refractivity (Wildman–Crippen MR) is 102 cm³/mol. The lowest BCUT2D eigenvalue weighted by molar-refractivity contribution is -0.146. The molecule has 1 aromatic carbocycles. The highest BCUT2D eigenvalue weighted by molar-refractivity contribution is 5.92. The average molecular weight is 359 g/mol. The van der Waals surface area contributed by atoms with Gasteiger partial charge in [-0.25, -0.2) is 0 Å². The summed E-state index contributed by atoms with van der Waals surface area (Å²) in [4.78, 5) is 26.4. The smallest absolute Gasteiger partial charge is 0.310 e. The van der Waals surface area contributed by atoms with Crippen LogP contribution in [0.2, 0.25) is 0 Å². The van der Waals surface area contributed by atoms with Gasteiger partial charge in [0.1, 0.15) is 5.75 Å². The number of carbonyl (C=O) groups is 2. The molecule has 0 saturated heterocycles. The first-order chi connectivity index (χ1) is 12.5. The Hall–Kier alpha value is -2.30. The van der Waals surface area contributed by atoms with Crippen LogP contribution in [0, 0.1) is 5.92 Å². The Kier molecular flexibility index (Phi) is 7.70. The molecule has 1 amide bonds. The van der Waals surface area contributed by atoms with Crippen molar-refractivity contribution in [1.29, 1.82) is 0 Å². The maximum atomic E-state index is 12.8. The van der Waals surface area contributed by atoms with E-state index in [0.717, 1.165) is 37.0 Å². The second-order valence-corrected chi connectivity index (χ2v) is 6.69. The van der Waals surface area contributed by atoms with E-state index in [1.54, 1.807) is 13.0 Å². The molecule has 1 saturated carbocycles. The Morgan fingerprint density at radius 3 is 2.46 bits per heavy atom. The third-order valence-electron chi connectivity index (χ3n) is 4.73. The molecule has 0 N–H and O–H groups in total. The van der Waals surface area contributed by atoms with Crippen LogP contribution in [0.1, 0.15) is 45.1 Å². The predicted octanol–water partition coefficient (Wildman–Crippen LogP) is 3.68. The van der Waals surface area contributed by atoms with E-state index in [0.29, 0.717) is 13.2 Å². The van der Waals surface area contributed by atoms with E-state index in [1.165, 1.54) is 7.11 Å². The summed E-state index contributed by atoms with van der Waals surface area (Å²) in [5.74, 6) is 0.150. The number of hydrogen-bond donors (Lipinski definition) is 0. The minimum absolute atomic E-state index is 0.0541. The molecule has 1 fully saturated rings. The van der Waals surface area contributed by atoms with Crippen molar-refractivity contribution in [2.24, 2.45) is 5.92 Å². The molecule has 1 atom stereocenters. The number of esters is 1. The van der Waals surface area contributed by atoms with Crippen LogP contribution in [0.5, 0.6) is 5.75 Å². The van der Waals surface area contributed by atoms with Crippen LogP contribution in [0.25, 0.3) is 6.08 Å². The number of methoxy groups -OCH3 is 1. The number of hydrogen-bond acceptors (Lipinski definition) is 4. The van der Waals surface area contributed by atoms with Crippen LogP contribution in [0.3, 0.4) is 0 Å². The second kappa shape index (κ2) is 10.00. The van der Waals surface area contributed by atoms with Gasteiger partial charge in [-0.05, 0) is 43.5 Å². The van der Waals surface area contributed by atoms with Gasteiger partial charge in [0, 0.05) is 18.7 Å². The fourth-order valence-corrected chi connectivity index (χ4v) is 3.31. The number of ether oxygens (including phenoxy) is 2. The third-order valence-corrected chi connectivity index (χ3v) is 4.73. The Morgan fingerprint density at radius 1 is 1.23 bits per heavy atom. The summed E-state index contributed by atoms with van der Waals surface area (Å²) in [6.07, 6.45) is 7.65. The minimum Gasteiger partial charge on any atom is -0.494 e. The van der Waals surface area contributed by atoms with Gasteiger partial charge in [0.15, 0.2) is 0 Å². The van der Waals surface area contributed by atoms with Gasteiger partial charge < -0.3 is 14.4 Å². The SMILES string of the molecule is CCOc1ccc(/C=C/C(=O)N(CC(C)C(=O)OC)C2CCCC2)cc1. The molecule has 0 bridgehead atoms. The fraction of sp³-hybridized carbons (Fsp3) is 0.524. The van der Waals surface area contributed by atoms with E-state index < -0.39 is 0 Å². The van der Waals surface area contributed by atoms with Gasteiger partial charge in [0.2, 0.25) is 5.91 Å². The summed E-state index contributed by atoms with van der Waals surface area (Å²) in [7, 11) is 1.38. The lowest BCUT2D eigenvalue weighted by atomic mass is 10.1. The van der Waals surface area contributed by atoms with Gasteiger partial charge >= 0.3 is 5.97 Å². The third kappa shape index (κ3) is 5.61. The van der Waals surface area contributed by atoms with Gasteiger partial charge in [0.25, 0.3) is 0 Å². The van der Waals surface area contributed by atoms with Gasteiger partial charge in [-0.1, -0.05) is 31.9 Å². The maximum absolute atomic E-state index is 12.8. The first-order valence-electron chi connectivity index (χ1n) is 9.34. The Bertz CT molecular complexity index is 617. The second-order valence-electron chi connectivity index (χ2n) is 6.69. The normalized spacial score (nSPS) is 15.8. The molecule has 1 unspecified atom stereocenters. The highest BCUT2D eigenvalue weighted by atomic mass is 16.5. The van der Waals surface area contributed by atoms with Gasteiger partial charge in [0.05, 0.1) is 19.6 Å². The van der Waals surface area contributed by atoms with Crippen molar-refractivity contribution in [1.82, 2.24) is 4.90 Å². The molecule has 2 rings (SSSR count). The van der Waals surface area contributed by atoms with Crippen molar-refractivity contribution in [3.63, 3.8) is 0 Å². The lowest BCUT2D eigenvalue weighted by Gasteiger charge is -2.29. The van der Waals surface area contributed by atoms with Gasteiger partial charge in [-0.15, -0.1) is 0 Å². The van der Waals surface area contributed by atoms with E-state index in [-0.39, 0.29) is 23.8 Å². The molecular formula is C21H29NO4. The standard InChI is InChI=1S/C21H29NO4/c1-4-26-19-12-9-17(10-13-19)11-14-20(23)22(18-7-5-6-8-18)15-16(2)21(24)25-3/h9-14,16,18H,4-8,15H2,1-3H3/b14-11+. The first-order valence-corrected chi connectivity index (χ1v) is 9.34. The largest absolute Gasteiger partial charge is 0.494 e. The quantitative estimate of drug-likeness (QED) is 0.525. The summed E-state index contributed by atoms with van der Waals surface area (Å²) in [6.45, 7) is 4.77. The number of carbonyl (C=O) groups excluding carboxylic acids is 2. The van der Waals surface area contributed by atoms with Crippen molar-refractivity contribution in [2.45, 2.75) is 45.6 Å².